The molecule has 3 rings (SSSR count). The van der Waals surface area contributed by atoms with Gasteiger partial charge in [-0.3, -0.25) is 4.79 Å². The molecule has 7 heteroatoms. The number of aryl methyl sites for hydroxylation is 2. The Kier molecular flexibility index (Phi) is 5.14. The third kappa shape index (κ3) is 4.17. The predicted octanol–water partition coefficient (Wildman–Crippen LogP) is 2.52. The summed E-state index contributed by atoms with van der Waals surface area (Å²) in [5.74, 6) is 4.53. The van der Waals surface area contributed by atoms with Crippen molar-refractivity contribution in [2.75, 3.05) is 6.54 Å². The van der Waals surface area contributed by atoms with Crippen molar-refractivity contribution in [1.82, 2.24) is 9.88 Å². The zero-order chi connectivity index (χ0) is 20.5. The maximum Gasteiger partial charge on any atom is 0.408 e. The minimum Gasteiger partial charge on any atom is -0.477 e. The van der Waals surface area contributed by atoms with E-state index in [9.17, 15) is 19.5 Å². The maximum absolute atomic E-state index is 12.6. The Morgan fingerprint density at radius 1 is 1.32 bits per heavy atom. The third-order valence-electron chi connectivity index (χ3n) is 4.28. The van der Waals surface area contributed by atoms with Gasteiger partial charge in [-0.1, -0.05) is 11.8 Å². The van der Waals surface area contributed by atoms with Crippen molar-refractivity contribution < 1.29 is 19.4 Å². The van der Waals surface area contributed by atoms with Crippen molar-refractivity contribution in [2.45, 2.75) is 45.8 Å². The SMILES string of the molecule is CC(C)(C)OC(=O)NCC#Cc1cc2c3c(c1)c(=O)c(C(=O)O)cn3CCC2. The first-order valence-corrected chi connectivity index (χ1v) is 9.05. The van der Waals surface area contributed by atoms with Crippen LogP contribution in [0.4, 0.5) is 4.79 Å². The van der Waals surface area contributed by atoms with Gasteiger partial charge >= 0.3 is 12.1 Å². The molecule has 0 aliphatic carbocycles. The van der Waals surface area contributed by atoms with Gasteiger partial charge in [0.05, 0.1) is 12.1 Å². The number of carbonyl (C=O) groups excluding carboxylic acids is 1. The summed E-state index contributed by atoms with van der Waals surface area (Å²) >= 11 is 0. The van der Waals surface area contributed by atoms with E-state index in [2.05, 4.69) is 17.2 Å². The van der Waals surface area contributed by atoms with Crippen molar-refractivity contribution in [3.8, 4) is 11.8 Å². The third-order valence-corrected chi connectivity index (χ3v) is 4.28. The van der Waals surface area contributed by atoms with Crippen LogP contribution in [0.15, 0.2) is 23.1 Å². The summed E-state index contributed by atoms with van der Waals surface area (Å²) in [5.41, 5.74) is 1.04. The standard InChI is InChI=1S/C21H22N2O5/c1-21(2,3)28-20(27)22-8-4-6-13-10-14-7-5-9-23-12-16(19(25)26)18(24)15(11-13)17(14)23/h10-12H,5,7-9H2,1-3H3,(H,22,27)(H,25,26). The number of hydrogen-bond donors (Lipinski definition) is 2. The number of rotatable bonds is 2. The smallest absolute Gasteiger partial charge is 0.408 e. The summed E-state index contributed by atoms with van der Waals surface area (Å²) in [5, 5.41) is 12.2. The molecule has 0 radical (unpaired) electrons. The van der Waals surface area contributed by atoms with Crippen LogP contribution in [0.5, 0.6) is 0 Å². The average Bonchev–Trinajstić information content (AvgIpc) is 2.59. The van der Waals surface area contributed by atoms with Gasteiger partial charge < -0.3 is 19.7 Å². The Balaban J connectivity index is 1.90. The lowest BCUT2D eigenvalue weighted by Gasteiger charge is -2.20. The zero-order valence-electron chi connectivity index (χ0n) is 16.1. The number of ether oxygens (including phenoxy) is 1. The highest BCUT2D eigenvalue weighted by Gasteiger charge is 2.20. The quantitative estimate of drug-likeness (QED) is 0.778. The number of hydrogen-bond acceptors (Lipinski definition) is 4. The normalized spacial score (nSPS) is 12.8. The van der Waals surface area contributed by atoms with Crippen LogP contribution in [0.25, 0.3) is 10.9 Å². The van der Waals surface area contributed by atoms with Crippen LogP contribution in [0.2, 0.25) is 0 Å². The van der Waals surface area contributed by atoms with E-state index in [1.807, 2.05) is 10.6 Å². The summed E-state index contributed by atoms with van der Waals surface area (Å²) in [7, 11) is 0. The molecule has 2 aromatic rings. The molecule has 0 bridgehead atoms. The molecule has 2 heterocycles. The predicted molar refractivity (Wildman–Crippen MR) is 105 cm³/mol. The molecule has 1 aliphatic rings. The van der Waals surface area contributed by atoms with Crippen LogP contribution in [-0.2, 0) is 17.7 Å². The lowest BCUT2D eigenvalue weighted by molar-refractivity contribution is 0.0534. The van der Waals surface area contributed by atoms with E-state index < -0.39 is 23.1 Å². The maximum atomic E-state index is 12.6. The fourth-order valence-corrected chi connectivity index (χ4v) is 3.24. The average molecular weight is 382 g/mol. The molecule has 1 aromatic carbocycles. The van der Waals surface area contributed by atoms with Gasteiger partial charge in [0.25, 0.3) is 0 Å². The number of pyridine rings is 1. The summed E-state index contributed by atoms with van der Waals surface area (Å²) in [6.07, 6.45) is 2.53. The van der Waals surface area contributed by atoms with Gasteiger partial charge in [0.15, 0.2) is 0 Å². The van der Waals surface area contributed by atoms with Gasteiger partial charge in [-0.2, -0.15) is 0 Å². The Morgan fingerprint density at radius 3 is 2.75 bits per heavy atom. The number of nitrogens with one attached hydrogen (secondary N) is 1. The summed E-state index contributed by atoms with van der Waals surface area (Å²) in [6, 6.07) is 3.54. The highest BCUT2D eigenvalue weighted by atomic mass is 16.6. The second kappa shape index (κ2) is 7.39. The van der Waals surface area contributed by atoms with Crippen LogP contribution in [0.1, 0.15) is 48.7 Å². The number of benzene rings is 1. The number of carboxylic acid groups (broad SMARTS) is 1. The van der Waals surface area contributed by atoms with Crippen molar-refractivity contribution in [3.63, 3.8) is 0 Å². The molecule has 0 saturated heterocycles. The van der Waals surface area contributed by atoms with Crippen molar-refractivity contribution >= 4 is 23.0 Å². The molecule has 0 atom stereocenters. The van der Waals surface area contributed by atoms with Crippen molar-refractivity contribution in [2.24, 2.45) is 0 Å². The lowest BCUT2D eigenvalue weighted by Crippen LogP contribution is -2.32. The monoisotopic (exact) mass is 382 g/mol. The minimum absolute atomic E-state index is 0.0989. The van der Waals surface area contributed by atoms with Crippen LogP contribution in [0, 0.1) is 11.8 Å². The van der Waals surface area contributed by atoms with Gasteiger partial charge in [-0.05, 0) is 51.3 Å². The van der Waals surface area contributed by atoms with Gasteiger partial charge in [-0.25, -0.2) is 9.59 Å². The molecule has 28 heavy (non-hydrogen) atoms. The molecule has 1 aliphatic heterocycles. The molecule has 0 unspecified atom stereocenters. The molecule has 0 fully saturated rings. The molecule has 1 amide bonds. The Hall–Kier alpha value is -3.27. The fraction of sp³-hybridized carbons (Fsp3) is 0.381. The lowest BCUT2D eigenvalue weighted by atomic mass is 9.97. The van der Waals surface area contributed by atoms with Gasteiger partial charge in [0, 0.05) is 23.7 Å². The van der Waals surface area contributed by atoms with E-state index in [1.165, 1.54) is 6.20 Å². The highest BCUT2D eigenvalue weighted by molar-refractivity contribution is 5.94. The summed E-state index contributed by atoms with van der Waals surface area (Å²) < 4.78 is 6.97. The fourth-order valence-electron chi connectivity index (χ4n) is 3.24. The van der Waals surface area contributed by atoms with Gasteiger partial charge in [0.2, 0.25) is 5.43 Å². The van der Waals surface area contributed by atoms with E-state index in [0.29, 0.717) is 17.5 Å². The number of alkyl carbamates (subject to hydrolysis) is 1. The van der Waals surface area contributed by atoms with E-state index in [1.54, 1.807) is 26.8 Å². The number of carbonyl (C=O) groups is 2. The Bertz CT molecular complexity index is 1080. The molecule has 146 valence electrons. The molecule has 2 N–H and O–H groups in total. The number of aromatic nitrogens is 1. The minimum atomic E-state index is -1.24. The number of aromatic carboxylic acids is 1. The number of nitrogens with zero attached hydrogens (tertiary/aromatic N) is 1. The van der Waals surface area contributed by atoms with E-state index >= 15 is 0 Å². The number of amides is 1. The van der Waals surface area contributed by atoms with Crippen LogP contribution >= 0.6 is 0 Å². The van der Waals surface area contributed by atoms with Crippen molar-refractivity contribution in [3.05, 3.63) is 45.2 Å². The second-order valence-electron chi connectivity index (χ2n) is 7.66. The first-order valence-electron chi connectivity index (χ1n) is 9.05. The first kappa shape index (κ1) is 19.5. The molecule has 1 aromatic heterocycles. The summed E-state index contributed by atoms with van der Waals surface area (Å²) in [6.45, 7) is 6.10. The molecule has 0 spiro atoms. The van der Waals surface area contributed by atoms with Crippen molar-refractivity contribution in [1.29, 1.82) is 0 Å². The van der Waals surface area contributed by atoms with Crippen LogP contribution in [0.3, 0.4) is 0 Å². The molecular formula is C21H22N2O5. The molecular weight excluding hydrogens is 360 g/mol. The Morgan fingerprint density at radius 2 is 2.07 bits per heavy atom. The zero-order valence-corrected chi connectivity index (χ0v) is 16.1. The molecule has 0 saturated carbocycles. The largest absolute Gasteiger partial charge is 0.477 e. The number of carboxylic acids is 1. The topological polar surface area (TPSA) is 97.6 Å². The first-order chi connectivity index (χ1) is 13.2. The summed E-state index contributed by atoms with van der Waals surface area (Å²) in [4.78, 5) is 35.6. The van der Waals surface area contributed by atoms with Crippen LogP contribution in [-0.4, -0.2) is 33.9 Å². The van der Waals surface area contributed by atoms with E-state index in [0.717, 1.165) is 23.9 Å². The second-order valence-corrected chi connectivity index (χ2v) is 7.66. The Labute approximate surface area is 162 Å². The molecule has 7 nitrogen and oxygen atoms in total. The van der Waals surface area contributed by atoms with Gasteiger partial charge in [0.1, 0.15) is 11.2 Å². The van der Waals surface area contributed by atoms with Crippen LogP contribution < -0.4 is 10.7 Å². The van der Waals surface area contributed by atoms with E-state index in [-0.39, 0.29) is 12.1 Å². The highest BCUT2D eigenvalue weighted by Crippen LogP contribution is 2.25. The van der Waals surface area contributed by atoms with E-state index in [4.69, 9.17) is 4.74 Å². The van der Waals surface area contributed by atoms with Gasteiger partial charge in [-0.15, -0.1) is 0 Å².